The maximum absolute atomic E-state index is 11.3. The van der Waals surface area contributed by atoms with E-state index in [2.05, 4.69) is 36.1 Å². The normalized spacial score (nSPS) is 18.6. The number of carbonyl (C=O) groups excluding carboxylic acids is 1. The van der Waals surface area contributed by atoms with E-state index in [-0.39, 0.29) is 0 Å². The Kier molecular flexibility index (Phi) is 3.28. The molecule has 0 aromatic heterocycles. The molecule has 1 unspecified atom stereocenters. The first kappa shape index (κ1) is 11.2. The molecule has 1 atom stereocenters. The second-order valence-electron chi connectivity index (χ2n) is 4.59. The third-order valence-electron chi connectivity index (χ3n) is 3.18. The quantitative estimate of drug-likeness (QED) is 0.773. The van der Waals surface area contributed by atoms with Gasteiger partial charge >= 0.3 is 0 Å². The number of hydrogen-bond donors (Lipinski definition) is 0. The van der Waals surface area contributed by atoms with Crippen LogP contribution in [0.5, 0.6) is 0 Å². The predicted molar refractivity (Wildman–Crippen MR) is 66.9 cm³/mol. The SMILES string of the molecule is CCCN1c2ccccc2CC1CC(C)=O. The third-order valence-corrected chi connectivity index (χ3v) is 3.18. The standard InChI is InChI=1S/C14H19NO/c1-3-8-15-13(9-11(2)16)10-12-6-4-5-7-14(12)15/h4-7,13H,3,8-10H2,1-2H3. The lowest BCUT2D eigenvalue weighted by Gasteiger charge is -2.26. The van der Waals surface area contributed by atoms with Gasteiger partial charge in [-0.25, -0.2) is 0 Å². The van der Waals surface area contributed by atoms with Crippen LogP contribution in [0, 0.1) is 0 Å². The predicted octanol–water partition coefficient (Wildman–Crippen LogP) is 2.81. The molecule has 2 heteroatoms. The van der Waals surface area contributed by atoms with Gasteiger partial charge in [0, 0.05) is 24.7 Å². The molecule has 1 aromatic carbocycles. The summed E-state index contributed by atoms with van der Waals surface area (Å²) in [5.41, 5.74) is 2.72. The Morgan fingerprint density at radius 3 is 2.88 bits per heavy atom. The van der Waals surface area contributed by atoms with Crippen LogP contribution in [0.2, 0.25) is 0 Å². The maximum atomic E-state index is 11.3. The number of carbonyl (C=O) groups is 1. The molecule has 2 rings (SSSR count). The minimum absolute atomic E-state index is 0.291. The monoisotopic (exact) mass is 217 g/mol. The first-order chi connectivity index (χ1) is 7.72. The minimum Gasteiger partial charge on any atom is -0.368 e. The molecule has 0 aliphatic carbocycles. The van der Waals surface area contributed by atoms with Gasteiger partial charge in [0.15, 0.2) is 0 Å². The minimum atomic E-state index is 0.291. The number of anilines is 1. The first-order valence-corrected chi connectivity index (χ1v) is 6.06. The Balaban J connectivity index is 2.22. The van der Waals surface area contributed by atoms with Crippen molar-refractivity contribution in [3.8, 4) is 0 Å². The van der Waals surface area contributed by atoms with E-state index in [1.54, 1.807) is 6.92 Å². The second-order valence-corrected chi connectivity index (χ2v) is 4.59. The van der Waals surface area contributed by atoms with Crippen LogP contribution < -0.4 is 4.90 Å². The van der Waals surface area contributed by atoms with Gasteiger partial charge in [-0.1, -0.05) is 25.1 Å². The zero-order valence-electron chi connectivity index (χ0n) is 10.1. The highest BCUT2D eigenvalue weighted by atomic mass is 16.1. The van der Waals surface area contributed by atoms with E-state index in [0.717, 1.165) is 19.4 Å². The summed E-state index contributed by atoms with van der Waals surface area (Å²) in [5.74, 6) is 0.291. The van der Waals surface area contributed by atoms with Crippen molar-refractivity contribution in [1.29, 1.82) is 0 Å². The number of nitrogens with zero attached hydrogens (tertiary/aromatic N) is 1. The molecule has 0 saturated carbocycles. The van der Waals surface area contributed by atoms with E-state index in [4.69, 9.17) is 0 Å². The molecular weight excluding hydrogens is 198 g/mol. The van der Waals surface area contributed by atoms with Crippen molar-refractivity contribution in [2.24, 2.45) is 0 Å². The molecule has 0 bridgehead atoms. The fourth-order valence-corrected chi connectivity index (χ4v) is 2.58. The number of fused-ring (bicyclic) bond motifs is 1. The Labute approximate surface area is 97.3 Å². The molecule has 2 nitrogen and oxygen atoms in total. The summed E-state index contributed by atoms with van der Waals surface area (Å²) >= 11 is 0. The molecule has 1 aliphatic heterocycles. The number of hydrogen-bond acceptors (Lipinski definition) is 2. The lowest BCUT2D eigenvalue weighted by atomic mass is 10.1. The fourth-order valence-electron chi connectivity index (χ4n) is 2.58. The van der Waals surface area contributed by atoms with Crippen molar-refractivity contribution in [3.63, 3.8) is 0 Å². The number of ketones is 1. The summed E-state index contributed by atoms with van der Waals surface area (Å²) in [6.07, 6.45) is 2.83. The van der Waals surface area contributed by atoms with E-state index >= 15 is 0 Å². The molecule has 0 amide bonds. The molecule has 0 radical (unpaired) electrons. The van der Waals surface area contributed by atoms with Gasteiger partial charge in [0.25, 0.3) is 0 Å². The number of para-hydroxylation sites is 1. The van der Waals surface area contributed by atoms with Crippen molar-refractivity contribution >= 4 is 11.5 Å². The molecule has 0 N–H and O–H groups in total. The molecule has 0 fully saturated rings. The Hall–Kier alpha value is -1.31. The number of rotatable bonds is 4. The first-order valence-electron chi connectivity index (χ1n) is 6.06. The molecule has 0 saturated heterocycles. The van der Waals surface area contributed by atoms with Gasteiger partial charge in [-0.05, 0) is 31.4 Å². The van der Waals surface area contributed by atoms with E-state index in [1.165, 1.54) is 11.3 Å². The second kappa shape index (κ2) is 4.69. The molecule has 1 aromatic rings. The highest BCUT2D eigenvalue weighted by Crippen LogP contribution is 2.33. The smallest absolute Gasteiger partial charge is 0.131 e. The third kappa shape index (κ3) is 2.11. The van der Waals surface area contributed by atoms with Crippen molar-refractivity contribution in [3.05, 3.63) is 29.8 Å². The van der Waals surface area contributed by atoms with Crippen LogP contribution >= 0.6 is 0 Å². The van der Waals surface area contributed by atoms with Crippen LogP contribution in [0.1, 0.15) is 32.3 Å². The van der Waals surface area contributed by atoms with E-state index in [0.29, 0.717) is 18.2 Å². The van der Waals surface area contributed by atoms with E-state index < -0.39 is 0 Å². The average Bonchev–Trinajstić information content (AvgIpc) is 2.57. The van der Waals surface area contributed by atoms with Crippen LogP contribution in [0.15, 0.2) is 24.3 Å². The molecule has 0 spiro atoms. The van der Waals surface area contributed by atoms with E-state index in [9.17, 15) is 4.79 Å². The summed E-state index contributed by atoms with van der Waals surface area (Å²) < 4.78 is 0. The molecule has 16 heavy (non-hydrogen) atoms. The summed E-state index contributed by atoms with van der Waals surface area (Å²) in [4.78, 5) is 13.7. The van der Waals surface area contributed by atoms with Gasteiger partial charge in [-0.3, -0.25) is 4.79 Å². The van der Waals surface area contributed by atoms with Crippen molar-refractivity contribution in [2.45, 2.75) is 39.2 Å². The molecule has 1 heterocycles. The Morgan fingerprint density at radius 2 is 2.19 bits per heavy atom. The largest absolute Gasteiger partial charge is 0.368 e. The van der Waals surface area contributed by atoms with Crippen LogP contribution in [0.3, 0.4) is 0 Å². The molecule has 1 aliphatic rings. The van der Waals surface area contributed by atoms with Crippen LogP contribution in [0.4, 0.5) is 5.69 Å². The molecule has 86 valence electrons. The Bertz CT molecular complexity index is 386. The highest BCUT2D eigenvalue weighted by Gasteiger charge is 2.28. The van der Waals surface area contributed by atoms with Gasteiger partial charge in [0.2, 0.25) is 0 Å². The van der Waals surface area contributed by atoms with Crippen molar-refractivity contribution in [2.75, 3.05) is 11.4 Å². The summed E-state index contributed by atoms with van der Waals surface area (Å²) in [6, 6.07) is 8.90. The van der Waals surface area contributed by atoms with Crippen LogP contribution in [0.25, 0.3) is 0 Å². The average molecular weight is 217 g/mol. The topological polar surface area (TPSA) is 20.3 Å². The lowest BCUT2D eigenvalue weighted by molar-refractivity contribution is -0.117. The Morgan fingerprint density at radius 1 is 1.44 bits per heavy atom. The van der Waals surface area contributed by atoms with E-state index in [1.807, 2.05) is 0 Å². The molecular formula is C14H19NO. The van der Waals surface area contributed by atoms with Gasteiger partial charge < -0.3 is 4.90 Å². The van der Waals surface area contributed by atoms with Crippen molar-refractivity contribution in [1.82, 2.24) is 0 Å². The number of Topliss-reactive ketones (excluding diaryl/α,β-unsaturated/α-hetero) is 1. The number of benzene rings is 1. The summed E-state index contributed by atoms with van der Waals surface area (Å²) in [7, 11) is 0. The summed E-state index contributed by atoms with van der Waals surface area (Å²) in [6.45, 7) is 4.92. The van der Waals surface area contributed by atoms with Crippen LogP contribution in [-0.2, 0) is 11.2 Å². The summed E-state index contributed by atoms with van der Waals surface area (Å²) in [5, 5.41) is 0. The lowest BCUT2D eigenvalue weighted by Crippen LogP contribution is -2.34. The fraction of sp³-hybridized carbons (Fsp3) is 0.500. The van der Waals surface area contributed by atoms with Crippen molar-refractivity contribution < 1.29 is 4.79 Å². The van der Waals surface area contributed by atoms with Crippen LogP contribution in [-0.4, -0.2) is 18.4 Å². The van der Waals surface area contributed by atoms with Gasteiger partial charge in [-0.2, -0.15) is 0 Å². The zero-order valence-corrected chi connectivity index (χ0v) is 10.1. The van der Waals surface area contributed by atoms with Gasteiger partial charge in [0.1, 0.15) is 5.78 Å². The maximum Gasteiger partial charge on any atom is 0.131 e. The van der Waals surface area contributed by atoms with Gasteiger partial charge in [-0.15, -0.1) is 0 Å². The van der Waals surface area contributed by atoms with Gasteiger partial charge in [0.05, 0.1) is 0 Å². The zero-order chi connectivity index (χ0) is 11.5. The highest BCUT2D eigenvalue weighted by molar-refractivity contribution is 5.77.